The first-order chi connectivity index (χ1) is 12.8. The Hall–Kier alpha value is -2.83. The van der Waals surface area contributed by atoms with E-state index in [1.165, 1.54) is 16.0 Å². The molecular weight excluding hydrogens is 342 g/mol. The minimum absolute atomic E-state index is 0.171. The standard InChI is InChI=1S/C20H25N5O2/c1-6-7-23-18(26)16-17(22(5)20(23)27)21-19-24(16)11-14(4)25(19)15-9-12(2)8-13(3)10-15/h8-11,16-17H,6-7H2,1-5H3. The fraction of sp³-hybridized carbons (Fsp3) is 0.450. The zero-order valence-corrected chi connectivity index (χ0v) is 16.4. The van der Waals surface area contributed by atoms with Crippen molar-refractivity contribution < 1.29 is 9.59 Å². The molecule has 1 aromatic carbocycles. The average Bonchev–Trinajstić information content (AvgIpc) is 3.10. The molecule has 2 unspecified atom stereocenters. The fourth-order valence-corrected chi connectivity index (χ4v) is 4.18. The minimum Gasteiger partial charge on any atom is -0.302 e. The Morgan fingerprint density at radius 3 is 2.37 bits per heavy atom. The van der Waals surface area contributed by atoms with Crippen molar-refractivity contribution in [2.24, 2.45) is 4.99 Å². The normalized spacial score (nSPS) is 24.3. The van der Waals surface area contributed by atoms with E-state index >= 15 is 0 Å². The number of carbonyl (C=O) groups is 2. The molecule has 1 aromatic rings. The Morgan fingerprint density at radius 1 is 1.07 bits per heavy atom. The third-order valence-electron chi connectivity index (χ3n) is 5.30. The van der Waals surface area contributed by atoms with Gasteiger partial charge < -0.3 is 9.80 Å². The number of allylic oxidation sites excluding steroid dienone is 1. The maximum Gasteiger partial charge on any atom is 0.328 e. The number of rotatable bonds is 3. The number of nitrogens with zero attached hydrogens (tertiary/aromatic N) is 5. The second-order valence-corrected chi connectivity index (χ2v) is 7.53. The summed E-state index contributed by atoms with van der Waals surface area (Å²) >= 11 is 0. The number of aryl methyl sites for hydroxylation is 2. The molecule has 0 aliphatic carbocycles. The SMILES string of the molecule is CCCN1C(=O)C2C(N=C3N(c4cc(C)cc(C)c4)C(C)=CN32)N(C)C1=O. The summed E-state index contributed by atoms with van der Waals surface area (Å²) in [6, 6.07) is 5.58. The zero-order chi connectivity index (χ0) is 19.5. The van der Waals surface area contributed by atoms with Gasteiger partial charge >= 0.3 is 6.03 Å². The summed E-state index contributed by atoms with van der Waals surface area (Å²) in [5, 5.41) is 0. The molecular formula is C20H25N5O2. The van der Waals surface area contributed by atoms with Crippen LogP contribution in [0.25, 0.3) is 0 Å². The van der Waals surface area contributed by atoms with Gasteiger partial charge in [0.05, 0.1) is 0 Å². The predicted molar refractivity (Wildman–Crippen MR) is 104 cm³/mol. The van der Waals surface area contributed by atoms with Crippen LogP contribution in [0, 0.1) is 13.8 Å². The lowest BCUT2D eigenvalue weighted by atomic mass is 10.1. The van der Waals surface area contributed by atoms with Crippen molar-refractivity contribution in [3.63, 3.8) is 0 Å². The van der Waals surface area contributed by atoms with Gasteiger partial charge in [-0.05, 0) is 50.5 Å². The smallest absolute Gasteiger partial charge is 0.302 e. The number of fused-ring (bicyclic) bond motifs is 3. The van der Waals surface area contributed by atoms with Gasteiger partial charge in [-0.25, -0.2) is 9.79 Å². The maximum atomic E-state index is 13.1. The summed E-state index contributed by atoms with van der Waals surface area (Å²) < 4.78 is 0. The molecule has 0 bridgehead atoms. The third-order valence-corrected chi connectivity index (χ3v) is 5.30. The number of hydrogen-bond acceptors (Lipinski definition) is 5. The highest BCUT2D eigenvalue weighted by Gasteiger charge is 2.54. The van der Waals surface area contributed by atoms with Crippen LogP contribution in [0.1, 0.15) is 31.4 Å². The number of hydrogen-bond donors (Lipinski definition) is 0. The number of imide groups is 1. The first-order valence-corrected chi connectivity index (χ1v) is 9.34. The van der Waals surface area contributed by atoms with E-state index in [0.717, 1.165) is 17.8 Å². The zero-order valence-electron chi connectivity index (χ0n) is 16.4. The Labute approximate surface area is 159 Å². The molecule has 0 spiro atoms. The molecule has 3 aliphatic heterocycles. The van der Waals surface area contributed by atoms with Crippen LogP contribution in [0.2, 0.25) is 0 Å². The minimum atomic E-state index is -0.500. The number of anilines is 1. The molecule has 2 atom stereocenters. The predicted octanol–water partition coefficient (Wildman–Crippen LogP) is 2.66. The van der Waals surface area contributed by atoms with E-state index < -0.39 is 12.2 Å². The lowest BCUT2D eigenvalue weighted by molar-refractivity contribution is -0.136. The van der Waals surface area contributed by atoms with E-state index in [1.807, 2.05) is 24.9 Å². The lowest BCUT2D eigenvalue weighted by Crippen LogP contribution is -2.64. The van der Waals surface area contributed by atoms with Crippen molar-refractivity contribution in [1.29, 1.82) is 0 Å². The van der Waals surface area contributed by atoms with E-state index in [-0.39, 0.29) is 11.9 Å². The van der Waals surface area contributed by atoms with Gasteiger partial charge in [0, 0.05) is 31.2 Å². The summed E-state index contributed by atoms with van der Waals surface area (Å²) in [6.45, 7) is 8.54. The number of benzene rings is 1. The van der Waals surface area contributed by atoms with Crippen molar-refractivity contribution >= 4 is 23.6 Å². The van der Waals surface area contributed by atoms with Crippen molar-refractivity contribution in [3.8, 4) is 0 Å². The summed E-state index contributed by atoms with van der Waals surface area (Å²) in [4.78, 5) is 37.4. The Balaban J connectivity index is 1.74. The number of carbonyl (C=O) groups excluding carboxylic acids is 2. The van der Waals surface area contributed by atoms with Crippen molar-refractivity contribution in [2.75, 3.05) is 18.5 Å². The topological polar surface area (TPSA) is 59.5 Å². The molecule has 3 aliphatic rings. The number of urea groups is 1. The van der Waals surface area contributed by atoms with Crippen LogP contribution in [0.4, 0.5) is 10.5 Å². The van der Waals surface area contributed by atoms with Gasteiger partial charge in [0.1, 0.15) is 0 Å². The molecule has 0 aromatic heterocycles. The van der Waals surface area contributed by atoms with Gasteiger partial charge in [0.2, 0.25) is 5.96 Å². The second kappa shape index (κ2) is 6.11. The maximum absolute atomic E-state index is 13.1. The molecule has 3 heterocycles. The summed E-state index contributed by atoms with van der Waals surface area (Å²) in [5.41, 5.74) is 4.37. The van der Waals surface area contributed by atoms with E-state index in [1.54, 1.807) is 11.9 Å². The Bertz CT molecular complexity index is 870. The number of guanidine groups is 1. The molecule has 4 rings (SSSR count). The highest BCUT2D eigenvalue weighted by molar-refractivity contribution is 6.09. The van der Waals surface area contributed by atoms with Crippen molar-refractivity contribution in [2.45, 2.75) is 46.3 Å². The van der Waals surface area contributed by atoms with Crippen LogP contribution in [0.5, 0.6) is 0 Å². The van der Waals surface area contributed by atoms with Crippen LogP contribution < -0.4 is 4.90 Å². The van der Waals surface area contributed by atoms with E-state index in [0.29, 0.717) is 12.5 Å². The fourth-order valence-electron chi connectivity index (χ4n) is 4.18. The molecule has 0 N–H and O–H groups in total. The molecule has 0 radical (unpaired) electrons. The van der Waals surface area contributed by atoms with Crippen LogP contribution >= 0.6 is 0 Å². The molecule has 3 amide bonds. The number of likely N-dealkylation sites (N-methyl/N-ethyl adjacent to an activating group) is 1. The highest BCUT2D eigenvalue weighted by atomic mass is 16.2. The molecule has 142 valence electrons. The summed E-state index contributed by atoms with van der Waals surface area (Å²) in [7, 11) is 1.72. The molecule has 7 nitrogen and oxygen atoms in total. The molecule has 1 saturated heterocycles. The third kappa shape index (κ3) is 2.52. The van der Waals surface area contributed by atoms with Crippen LogP contribution in [0.3, 0.4) is 0 Å². The van der Waals surface area contributed by atoms with Gasteiger partial charge in [0.15, 0.2) is 12.2 Å². The van der Waals surface area contributed by atoms with Gasteiger partial charge in [0.25, 0.3) is 5.91 Å². The van der Waals surface area contributed by atoms with Crippen molar-refractivity contribution in [3.05, 3.63) is 41.2 Å². The second-order valence-electron chi connectivity index (χ2n) is 7.53. The quantitative estimate of drug-likeness (QED) is 0.824. The van der Waals surface area contributed by atoms with Crippen molar-refractivity contribution in [1.82, 2.24) is 14.7 Å². The summed E-state index contributed by atoms with van der Waals surface area (Å²) in [5.74, 6) is 0.536. The first kappa shape index (κ1) is 17.6. The Morgan fingerprint density at radius 2 is 1.74 bits per heavy atom. The molecule has 1 fully saturated rings. The molecule has 0 saturated carbocycles. The van der Waals surface area contributed by atoms with E-state index in [2.05, 4.69) is 36.9 Å². The molecule has 27 heavy (non-hydrogen) atoms. The largest absolute Gasteiger partial charge is 0.328 e. The molecule has 7 heteroatoms. The van der Waals surface area contributed by atoms with E-state index in [9.17, 15) is 9.59 Å². The number of aliphatic imine (C=N–C) groups is 1. The monoisotopic (exact) mass is 367 g/mol. The average molecular weight is 367 g/mol. The number of amides is 3. The van der Waals surface area contributed by atoms with Gasteiger partial charge in [-0.1, -0.05) is 13.0 Å². The lowest BCUT2D eigenvalue weighted by Gasteiger charge is -2.40. The van der Waals surface area contributed by atoms with E-state index in [4.69, 9.17) is 4.99 Å². The van der Waals surface area contributed by atoms with Gasteiger partial charge in [-0.15, -0.1) is 0 Å². The Kier molecular flexibility index (Phi) is 3.98. The van der Waals surface area contributed by atoms with Crippen LogP contribution in [-0.2, 0) is 4.79 Å². The van der Waals surface area contributed by atoms with Crippen LogP contribution in [0.15, 0.2) is 35.1 Å². The first-order valence-electron chi connectivity index (χ1n) is 9.34. The highest BCUT2D eigenvalue weighted by Crippen LogP contribution is 2.37. The summed E-state index contributed by atoms with van der Waals surface area (Å²) in [6.07, 6.45) is 2.21. The van der Waals surface area contributed by atoms with Crippen LogP contribution in [-0.4, -0.2) is 58.4 Å². The van der Waals surface area contributed by atoms with Gasteiger partial charge in [-0.2, -0.15) is 0 Å². The van der Waals surface area contributed by atoms with Gasteiger partial charge in [-0.3, -0.25) is 14.6 Å².